The molecule has 0 saturated heterocycles. The molecule has 18 nitrogen and oxygen atoms in total. The van der Waals surface area contributed by atoms with Crippen molar-refractivity contribution in [2.75, 3.05) is 20.5 Å². The number of hydrogen-bond donors (Lipinski definition) is 2. The zero-order chi connectivity index (χ0) is 31.2. The molecule has 1 aliphatic rings. The van der Waals surface area contributed by atoms with E-state index in [0.29, 0.717) is 17.8 Å². The van der Waals surface area contributed by atoms with Crippen molar-refractivity contribution in [2.24, 2.45) is 19.1 Å². The molecular formula is C22H29N7O11S. The fourth-order valence-corrected chi connectivity index (χ4v) is 3.93. The largest absolute Gasteiger partial charge is 0.467 e. The molecule has 3 aromatic rings. The van der Waals surface area contributed by atoms with Crippen LogP contribution in [0.2, 0.25) is 0 Å². The van der Waals surface area contributed by atoms with E-state index in [-0.39, 0.29) is 16.7 Å². The van der Waals surface area contributed by atoms with Crippen LogP contribution in [-0.2, 0) is 53.9 Å². The summed E-state index contributed by atoms with van der Waals surface area (Å²) in [4.78, 5) is 80.5. The third-order valence-electron chi connectivity index (χ3n) is 5.54. The first kappa shape index (κ1) is 32.6. The van der Waals surface area contributed by atoms with Crippen LogP contribution in [0.15, 0.2) is 30.5 Å². The van der Waals surface area contributed by atoms with Crippen molar-refractivity contribution >= 4 is 45.3 Å². The molecule has 0 aromatic carbocycles. The molecule has 2 atom stereocenters. The van der Waals surface area contributed by atoms with Gasteiger partial charge in [-0.05, 0) is 13.8 Å². The zero-order valence-electron chi connectivity index (χ0n) is 23.2. The van der Waals surface area contributed by atoms with Gasteiger partial charge in [0.25, 0.3) is 21.2 Å². The predicted octanol–water partition coefficient (Wildman–Crippen LogP) is -1.99. The topological polar surface area (TPSA) is 236 Å². The van der Waals surface area contributed by atoms with Crippen LogP contribution < -0.4 is 22.5 Å². The first-order valence-electron chi connectivity index (χ1n) is 11.6. The summed E-state index contributed by atoms with van der Waals surface area (Å²) in [5, 5.41) is 0. The SMILES string of the molecule is COC(=O)[C@@H](C)OS(C)(=O)=O.COC(=O)[C@H](C)n1cnc2[nH]c(=O)n(C)c(=O)c21.Cn1c(=O)[nH]c2c(c1=O)CC=N2. The van der Waals surface area contributed by atoms with Gasteiger partial charge in [-0.3, -0.25) is 32.9 Å². The summed E-state index contributed by atoms with van der Waals surface area (Å²) < 4.78 is 37.3. The van der Waals surface area contributed by atoms with Crippen LogP contribution in [0.25, 0.3) is 11.2 Å². The molecule has 4 heterocycles. The Morgan fingerprint density at radius 2 is 1.51 bits per heavy atom. The van der Waals surface area contributed by atoms with E-state index in [4.69, 9.17) is 0 Å². The van der Waals surface area contributed by atoms with Gasteiger partial charge < -0.3 is 14.0 Å². The van der Waals surface area contributed by atoms with Crippen LogP contribution >= 0.6 is 0 Å². The Kier molecular flexibility index (Phi) is 10.4. The second kappa shape index (κ2) is 13.1. The highest BCUT2D eigenvalue weighted by atomic mass is 32.2. The van der Waals surface area contributed by atoms with Crippen molar-refractivity contribution in [3.63, 3.8) is 0 Å². The van der Waals surface area contributed by atoms with Crippen molar-refractivity contribution in [1.82, 2.24) is 28.7 Å². The van der Waals surface area contributed by atoms with Crippen LogP contribution in [0.5, 0.6) is 0 Å². The van der Waals surface area contributed by atoms with E-state index < -0.39 is 51.1 Å². The average Bonchev–Trinajstić information content (AvgIpc) is 3.56. The molecule has 224 valence electrons. The molecule has 3 aromatic heterocycles. The van der Waals surface area contributed by atoms with Crippen LogP contribution in [0.1, 0.15) is 25.5 Å². The number of carbonyl (C=O) groups excluding carboxylic acids is 2. The second-order valence-corrected chi connectivity index (χ2v) is 10.0. The number of hydrogen-bond acceptors (Lipinski definition) is 13. The highest BCUT2D eigenvalue weighted by molar-refractivity contribution is 7.86. The summed E-state index contributed by atoms with van der Waals surface area (Å²) in [6, 6.07) is -0.696. The van der Waals surface area contributed by atoms with E-state index in [0.717, 1.165) is 22.5 Å². The van der Waals surface area contributed by atoms with E-state index >= 15 is 0 Å². The van der Waals surface area contributed by atoms with E-state index in [1.54, 1.807) is 13.1 Å². The molecule has 0 aliphatic carbocycles. The maximum Gasteiger partial charge on any atom is 0.336 e. The Hall–Kier alpha value is -4.65. The third-order valence-corrected chi connectivity index (χ3v) is 6.18. The summed E-state index contributed by atoms with van der Waals surface area (Å²) in [5.41, 5.74) is -0.861. The minimum absolute atomic E-state index is 0.152. The van der Waals surface area contributed by atoms with Gasteiger partial charge in [-0.25, -0.2) is 29.2 Å². The summed E-state index contributed by atoms with van der Waals surface area (Å²) in [6.45, 7) is 2.88. The Morgan fingerprint density at radius 1 is 0.951 bits per heavy atom. The summed E-state index contributed by atoms with van der Waals surface area (Å²) in [6.07, 6.45) is 3.24. The van der Waals surface area contributed by atoms with Crippen LogP contribution in [0.3, 0.4) is 0 Å². The van der Waals surface area contributed by atoms with Gasteiger partial charge in [0.2, 0.25) is 0 Å². The van der Waals surface area contributed by atoms with Crippen molar-refractivity contribution in [3.05, 3.63) is 53.6 Å². The Bertz CT molecular complexity index is 1830. The van der Waals surface area contributed by atoms with Crippen molar-refractivity contribution < 1.29 is 31.7 Å². The van der Waals surface area contributed by atoms with Crippen LogP contribution in [-0.4, -0.2) is 81.8 Å². The van der Waals surface area contributed by atoms with E-state index in [1.165, 1.54) is 39.0 Å². The fraction of sp³-hybridized carbons (Fsp3) is 0.455. The molecule has 2 N–H and O–H groups in total. The van der Waals surface area contributed by atoms with Gasteiger partial charge in [0.1, 0.15) is 11.9 Å². The number of aromatic amines is 2. The van der Waals surface area contributed by atoms with Gasteiger partial charge in [0.05, 0.1) is 32.4 Å². The molecule has 1 aliphatic heterocycles. The number of imidazole rings is 1. The number of nitrogens with zero attached hydrogens (tertiary/aromatic N) is 5. The molecule has 0 radical (unpaired) electrons. The van der Waals surface area contributed by atoms with Gasteiger partial charge in [-0.1, -0.05) is 0 Å². The lowest BCUT2D eigenvalue weighted by Gasteiger charge is -2.11. The van der Waals surface area contributed by atoms with Gasteiger partial charge in [0.15, 0.2) is 17.3 Å². The lowest BCUT2D eigenvalue weighted by molar-refractivity contribution is -0.147. The number of H-pyrrole nitrogens is 2. The molecule has 0 unspecified atom stereocenters. The van der Waals surface area contributed by atoms with Gasteiger partial charge in [-0.15, -0.1) is 0 Å². The highest BCUT2D eigenvalue weighted by Crippen LogP contribution is 2.14. The van der Waals surface area contributed by atoms with Crippen molar-refractivity contribution in [2.45, 2.75) is 32.4 Å². The molecule has 41 heavy (non-hydrogen) atoms. The number of aromatic nitrogens is 6. The number of rotatable bonds is 5. The smallest absolute Gasteiger partial charge is 0.336 e. The molecular weight excluding hydrogens is 570 g/mol. The van der Waals surface area contributed by atoms with E-state index in [9.17, 15) is 37.2 Å². The molecule has 0 saturated carbocycles. The van der Waals surface area contributed by atoms with Crippen LogP contribution in [0.4, 0.5) is 5.82 Å². The van der Waals surface area contributed by atoms with Crippen molar-refractivity contribution in [1.29, 1.82) is 0 Å². The number of aliphatic imine (C=N–C) groups is 1. The molecule has 0 bridgehead atoms. The molecule has 4 rings (SSSR count). The maximum absolute atomic E-state index is 12.0. The zero-order valence-corrected chi connectivity index (χ0v) is 24.0. The molecule has 0 amide bonds. The quantitative estimate of drug-likeness (QED) is 0.240. The summed E-state index contributed by atoms with van der Waals surface area (Å²) >= 11 is 0. The summed E-state index contributed by atoms with van der Waals surface area (Å²) in [5.74, 6) is -0.805. The van der Waals surface area contributed by atoms with Crippen LogP contribution in [0, 0.1) is 0 Å². The van der Waals surface area contributed by atoms with E-state index in [1.807, 2.05) is 0 Å². The second-order valence-electron chi connectivity index (χ2n) is 8.45. The van der Waals surface area contributed by atoms with Gasteiger partial charge >= 0.3 is 23.3 Å². The molecule has 0 fully saturated rings. The third kappa shape index (κ3) is 7.72. The lowest BCUT2D eigenvalue weighted by Crippen LogP contribution is -2.34. The lowest BCUT2D eigenvalue weighted by atomic mass is 10.3. The monoisotopic (exact) mass is 599 g/mol. The average molecular weight is 600 g/mol. The predicted molar refractivity (Wildman–Crippen MR) is 144 cm³/mol. The summed E-state index contributed by atoms with van der Waals surface area (Å²) in [7, 11) is 1.63. The number of methoxy groups -OCH3 is 2. The molecule has 19 heteroatoms. The van der Waals surface area contributed by atoms with Gasteiger partial charge in [-0.2, -0.15) is 8.42 Å². The Morgan fingerprint density at radius 3 is 2.07 bits per heavy atom. The Labute approximate surface area is 231 Å². The minimum atomic E-state index is -3.58. The number of carbonyl (C=O) groups is 2. The normalized spacial score (nSPS) is 13.2. The number of esters is 2. The number of ether oxygens (including phenoxy) is 2. The molecule has 0 spiro atoms. The fourth-order valence-electron chi connectivity index (χ4n) is 3.32. The first-order valence-corrected chi connectivity index (χ1v) is 13.4. The standard InChI is InChI=1S/C10H12N4O4.C7H7N3O2.C5H10O5S/c1-5(9(16)18-3)14-4-11-7-6(14)8(15)13(2)10(17)12-7;1-10-6(11)4-2-3-8-5(4)9-7(10)12;1-4(5(6)9-2)10-11(3,7)8/h4-5H,1-3H3,(H,12,17);3H,2H2,1H3,(H,9,12);4H,1-3H3/t5-;;4-/m0.1/s1. The number of fused-ring (bicyclic) bond motifs is 2. The first-order chi connectivity index (χ1) is 19.0. The number of nitrogens with one attached hydrogen (secondary N) is 2. The van der Waals surface area contributed by atoms with E-state index in [2.05, 4.69) is 33.6 Å². The van der Waals surface area contributed by atoms with Crippen molar-refractivity contribution in [3.8, 4) is 0 Å². The Balaban J connectivity index is 0.000000225. The minimum Gasteiger partial charge on any atom is -0.467 e. The van der Waals surface area contributed by atoms with Gasteiger partial charge in [0, 0.05) is 26.7 Å². The maximum atomic E-state index is 12.0. The highest BCUT2D eigenvalue weighted by Gasteiger charge is 2.21.